The molecular weight excluding hydrogens is 260 g/mol. The predicted molar refractivity (Wildman–Crippen MR) is 72.9 cm³/mol. The van der Waals surface area contributed by atoms with Crippen molar-refractivity contribution in [2.45, 2.75) is 38.0 Å². The molecule has 112 valence electrons. The van der Waals surface area contributed by atoms with Crippen molar-refractivity contribution in [3.8, 4) is 0 Å². The topological polar surface area (TPSA) is 85.9 Å². The van der Waals surface area contributed by atoms with Gasteiger partial charge in [-0.15, -0.1) is 0 Å². The number of β-amino-alcohol motifs (C(OH)–C–C–N with tert-alkyl or cyclic N) is 1. The first-order chi connectivity index (χ1) is 9.47. The molecule has 6 heteroatoms. The van der Waals surface area contributed by atoms with E-state index in [1.807, 2.05) is 11.0 Å². The molecule has 0 aromatic carbocycles. The monoisotopic (exact) mass is 282 g/mol. The van der Waals surface area contributed by atoms with Crippen molar-refractivity contribution in [3.05, 3.63) is 24.2 Å². The highest BCUT2D eigenvalue weighted by molar-refractivity contribution is 5.75. The van der Waals surface area contributed by atoms with Crippen LogP contribution in [0.2, 0.25) is 0 Å². The van der Waals surface area contributed by atoms with Crippen LogP contribution in [0.25, 0.3) is 0 Å². The van der Waals surface area contributed by atoms with Crippen molar-refractivity contribution in [1.82, 2.24) is 10.2 Å². The molecule has 0 spiro atoms. The second-order valence-electron chi connectivity index (χ2n) is 5.53. The quantitative estimate of drug-likeness (QED) is 0.713. The predicted octanol–water partition coefficient (Wildman–Crippen LogP) is 0.103. The third kappa shape index (κ3) is 4.06. The van der Waals surface area contributed by atoms with Gasteiger partial charge in [-0.3, -0.25) is 4.79 Å². The minimum atomic E-state index is -1.02. The molecule has 20 heavy (non-hydrogen) atoms. The third-order valence-electron chi connectivity index (χ3n) is 3.78. The number of nitrogens with zero attached hydrogens (tertiary/aromatic N) is 1. The number of nitrogens with one attached hydrogen (secondary N) is 1. The summed E-state index contributed by atoms with van der Waals surface area (Å²) in [5.74, 6) is 0.677. The maximum absolute atomic E-state index is 11.7. The zero-order chi connectivity index (χ0) is 14.6. The Balaban J connectivity index is 1.66. The number of carbonyl (C=O) groups excluding carboxylic acids is 1. The highest BCUT2D eigenvalue weighted by atomic mass is 16.3. The van der Waals surface area contributed by atoms with Crippen LogP contribution in [0.5, 0.6) is 0 Å². The van der Waals surface area contributed by atoms with E-state index in [4.69, 9.17) is 4.42 Å². The number of amides is 1. The smallest absolute Gasteiger partial charge is 0.221 e. The molecule has 2 rings (SSSR count). The molecule has 6 nitrogen and oxygen atoms in total. The first-order valence-electron chi connectivity index (χ1n) is 6.89. The van der Waals surface area contributed by atoms with E-state index < -0.39 is 11.7 Å². The van der Waals surface area contributed by atoms with Crippen LogP contribution < -0.4 is 5.32 Å². The molecule has 1 aromatic rings. The van der Waals surface area contributed by atoms with Crippen molar-refractivity contribution in [2.75, 3.05) is 19.6 Å². The number of carbonyl (C=O) groups is 1. The zero-order valence-electron chi connectivity index (χ0n) is 11.7. The lowest BCUT2D eigenvalue weighted by molar-refractivity contribution is -0.123. The molecule has 0 radical (unpaired) electrons. The molecule has 1 aliphatic rings. The molecule has 1 aliphatic heterocycles. The fraction of sp³-hybridized carbons (Fsp3) is 0.643. The number of furan rings is 1. The number of hydrogen-bond acceptors (Lipinski definition) is 5. The first kappa shape index (κ1) is 15.0. The minimum Gasteiger partial charge on any atom is -0.467 e. The van der Waals surface area contributed by atoms with Gasteiger partial charge in [0.25, 0.3) is 0 Å². The Morgan fingerprint density at radius 2 is 2.45 bits per heavy atom. The molecule has 0 aliphatic carbocycles. The van der Waals surface area contributed by atoms with Gasteiger partial charge in [-0.25, -0.2) is 0 Å². The van der Waals surface area contributed by atoms with Gasteiger partial charge in [0.15, 0.2) is 0 Å². The zero-order valence-corrected chi connectivity index (χ0v) is 11.7. The van der Waals surface area contributed by atoms with Crippen LogP contribution in [0.1, 0.15) is 25.5 Å². The van der Waals surface area contributed by atoms with E-state index in [0.717, 1.165) is 5.76 Å². The van der Waals surface area contributed by atoms with Crippen LogP contribution in [0.3, 0.4) is 0 Å². The van der Waals surface area contributed by atoms with Crippen LogP contribution in [0.15, 0.2) is 22.8 Å². The van der Waals surface area contributed by atoms with Crippen LogP contribution in [0, 0.1) is 0 Å². The Morgan fingerprint density at radius 3 is 3.10 bits per heavy atom. The lowest BCUT2D eigenvalue weighted by atomic mass is 9.91. The summed E-state index contributed by atoms with van der Waals surface area (Å²) in [7, 11) is 0. The minimum absolute atomic E-state index is 0.0479. The molecule has 1 fully saturated rings. The number of piperidine rings is 1. The van der Waals surface area contributed by atoms with Gasteiger partial charge in [-0.05, 0) is 25.5 Å². The number of likely N-dealkylation sites (tertiary alicyclic amines) is 1. The Morgan fingerprint density at radius 1 is 1.65 bits per heavy atom. The van der Waals surface area contributed by atoms with Gasteiger partial charge in [0.1, 0.15) is 5.76 Å². The van der Waals surface area contributed by atoms with E-state index in [1.165, 1.54) is 0 Å². The first-order valence-corrected chi connectivity index (χ1v) is 6.89. The van der Waals surface area contributed by atoms with E-state index in [0.29, 0.717) is 39.0 Å². The van der Waals surface area contributed by atoms with Crippen molar-refractivity contribution >= 4 is 5.91 Å². The van der Waals surface area contributed by atoms with Crippen molar-refractivity contribution < 1.29 is 19.4 Å². The van der Waals surface area contributed by atoms with Gasteiger partial charge in [0, 0.05) is 26.1 Å². The summed E-state index contributed by atoms with van der Waals surface area (Å²) in [4.78, 5) is 13.7. The fourth-order valence-electron chi connectivity index (χ4n) is 2.23. The molecule has 3 N–H and O–H groups in total. The second kappa shape index (κ2) is 6.39. The average Bonchev–Trinajstić information content (AvgIpc) is 2.91. The summed E-state index contributed by atoms with van der Waals surface area (Å²) in [5, 5.41) is 22.4. The maximum atomic E-state index is 11.7. The molecule has 1 aromatic heterocycles. The maximum Gasteiger partial charge on any atom is 0.221 e. The van der Waals surface area contributed by atoms with Gasteiger partial charge in [-0.2, -0.15) is 0 Å². The number of aliphatic hydroxyl groups excluding tert-OH is 1. The second-order valence-corrected chi connectivity index (χ2v) is 5.53. The van der Waals surface area contributed by atoms with Gasteiger partial charge >= 0.3 is 0 Å². The van der Waals surface area contributed by atoms with E-state index in [-0.39, 0.29) is 5.91 Å². The standard InChI is InChI=1S/C14H22N2O4/c1-14(19)5-7-16(10-12(14)17)6-4-13(18)15-9-11-3-2-8-20-11/h2-3,8,12,17,19H,4-7,9-10H2,1H3,(H,15,18)/t12-,14-/m0/s1. The summed E-state index contributed by atoms with van der Waals surface area (Å²) in [6.45, 7) is 3.71. The number of hydrogen-bond donors (Lipinski definition) is 3. The Bertz CT molecular complexity index is 430. The van der Waals surface area contributed by atoms with E-state index >= 15 is 0 Å². The van der Waals surface area contributed by atoms with Crippen LogP contribution >= 0.6 is 0 Å². The van der Waals surface area contributed by atoms with E-state index in [2.05, 4.69) is 5.32 Å². The summed E-state index contributed by atoms with van der Waals surface area (Å²) in [6, 6.07) is 3.59. The normalized spacial score (nSPS) is 27.4. The third-order valence-corrected chi connectivity index (χ3v) is 3.78. The number of aliphatic hydroxyl groups is 2. The van der Waals surface area contributed by atoms with Crippen molar-refractivity contribution in [2.24, 2.45) is 0 Å². The molecule has 0 saturated carbocycles. The van der Waals surface area contributed by atoms with Crippen molar-refractivity contribution in [3.63, 3.8) is 0 Å². The fourth-order valence-corrected chi connectivity index (χ4v) is 2.23. The van der Waals surface area contributed by atoms with Gasteiger partial charge in [0.05, 0.1) is 24.5 Å². The summed E-state index contributed by atoms with van der Waals surface area (Å²) in [5.41, 5.74) is -1.02. The molecule has 2 atom stereocenters. The highest BCUT2D eigenvalue weighted by Gasteiger charge is 2.36. The summed E-state index contributed by atoms with van der Waals surface area (Å²) < 4.78 is 5.13. The van der Waals surface area contributed by atoms with Crippen LogP contribution in [-0.4, -0.2) is 52.4 Å². The Kier molecular flexibility index (Phi) is 4.80. The Labute approximate surface area is 118 Å². The van der Waals surface area contributed by atoms with Gasteiger partial charge in [-0.1, -0.05) is 0 Å². The van der Waals surface area contributed by atoms with Crippen LogP contribution in [0.4, 0.5) is 0 Å². The van der Waals surface area contributed by atoms with Gasteiger partial charge < -0.3 is 24.8 Å². The molecule has 0 unspecified atom stereocenters. The number of rotatable bonds is 5. The van der Waals surface area contributed by atoms with Crippen molar-refractivity contribution in [1.29, 1.82) is 0 Å². The largest absolute Gasteiger partial charge is 0.467 e. The molecule has 1 amide bonds. The van der Waals surface area contributed by atoms with Gasteiger partial charge in [0.2, 0.25) is 5.91 Å². The average molecular weight is 282 g/mol. The summed E-state index contributed by atoms with van der Waals surface area (Å²) in [6.07, 6.45) is 1.70. The van der Waals surface area contributed by atoms with E-state index in [1.54, 1.807) is 19.3 Å². The molecule has 0 bridgehead atoms. The SMILES string of the molecule is C[C@]1(O)CCN(CCC(=O)NCc2ccco2)C[C@@H]1O. The summed E-state index contributed by atoms with van der Waals surface area (Å²) >= 11 is 0. The molecular formula is C14H22N2O4. The lowest BCUT2D eigenvalue weighted by Crippen LogP contribution is -2.54. The lowest BCUT2D eigenvalue weighted by Gasteiger charge is -2.39. The highest BCUT2D eigenvalue weighted by Crippen LogP contribution is 2.21. The van der Waals surface area contributed by atoms with E-state index in [9.17, 15) is 15.0 Å². The molecule has 2 heterocycles. The Hall–Kier alpha value is -1.37. The molecule has 1 saturated heterocycles. The van der Waals surface area contributed by atoms with Crippen LogP contribution in [-0.2, 0) is 11.3 Å².